The van der Waals surface area contributed by atoms with Crippen LogP contribution >= 0.6 is 0 Å². The average molecular weight is 322 g/mol. The fraction of sp³-hybridized carbons (Fsp3) is 0.375. The van der Waals surface area contributed by atoms with Crippen molar-refractivity contribution in [2.24, 2.45) is 0 Å². The predicted molar refractivity (Wildman–Crippen MR) is 84.2 cm³/mol. The highest BCUT2D eigenvalue weighted by atomic mass is 32.2. The fourth-order valence-corrected chi connectivity index (χ4v) is 3.75. The largest absolute Gasteiger partial charge is 0.868 e. The molecule has 22 heavy (non-hydrogen) atoms. The highest BCUT2D eigenvalue weighted by molar-refractivity contribution is 7.97. The first-order valence-corrected chi connectivity index (χ1v) is 8.60. The normalized spacial score (nSPS) is 12.5. The molecule has 0 aliphatic heterocycles. The van der Waals surface area contributed by atoms with Gasteiger partial charge in [-0.05, 0) is 32.6 Å². The number of para-hydroxylation sites is 1. The summed E-state index contributed by atoms with van der Waals surface area (Å²) in [4.78, 5) is 24.0. The van der Waals surface area contributed by atoms with E-state index in [1.165, 1.54) is 0 Å². The number of ether oxygens (including phenoxy) is 1. The number of hydrogen-bond acceptors (Lipinski definition) is 5. The molecular weight excluding hydrogens is 304 g/mol. The van der Waals surface area contributed by atoms with E-state index in [9.17, 15) is 14.7 Å². The van der Waals surface area contributed by atoms with Crippen LogP contribution in [0.3, 0.4) is 0 Å². The number of carbonyl (C=O) groups is 1. The van der Waals surface area contributed by atoms with Gasteiger partial charge in [0.25, 0.3) is 0 Å². The Kier molecular flexibility index (Phi) is 5.13. The van der Waals surface area contributed by atoms with Crippen molar-refractivity contribution in [3.63, 3.8) is 0 Å². The Morgan fingerprint density at radius 1 is 1.36 bits per heavy atom. The van der Waals surface area contributed by atoms with E-state index in [2.05, 4.69) is 0 Å². The molecule has 1 unspecified atom stereocenters. The summed E-state index contributed by atoms with van der Waals surface area (Å²) in [5.74, 6) is -0.236. The van der Waals surface area contributed by atoms with E-state index >= 15 is 0 Å². The van der Waals surface area contributed by atoms with Crippen molar-refractivity contribution in [3.8, 4) is 5.75 Å². The molecule has 0 aliphatic rings. The van der Waals surface area contributed by atoms with Gasteiger partial charge in [0.1, 0.15) is 11.3 Å². The molecule has 5 nitrogen and oxygen atoms in total. The SMILES string of the molecule is CC[S+](CC(=O)OC(C)C)c1c([O-])c2ccccc2oc1=O. The van der Waals surface area contributed by atoms with Gasteiger partial charge >= 0.3 is 11.6 Å². The Morgan fingerprint density at radius 3 is 2.68 bits per heavy atom. The summed E-state index contributed by atoms with van der Waals surface area (Å²) < 4.78 is 10.3. The van der Waals surface area contributed by atoms with E-state index in [1.54, 1.807) is 38.1 Å². The first-order valence-electron chi connectivity index (χ1n) is 7.03. The molecule has 0 aliphatic carbocycles. The van der Waals surface area contributed by atoms with Crippen LogP contribution in [-0.4, -0.2) is 23.6 Å². The van der Waals surface area contributed by atoms with Crippen molar-refractivity contribution in [3.05, 3.63) is 34.7 Å². The van der Waals surface area contributed by atoms with Crippen molar-refractivity contribution < 1.29 is 19.1 Å². The van der Waals surface area contributed by atoms with Crippen molar-refractivity contribution in [1.82, 2.24) is 0 Å². The number of rotatable bonds is 5. The molecule has 1 atom stereocenters. The van der Waals surface area contributed by atoms with Crippen molar-refractivity contribution in [2.75, 3.05) is 11.5 Å². The second-order valence-corrected chi connectivity index (χ2v) is 7.27. The van der Waals surface area contributed by atoms with Crippen LogP contribution in [0.5, 0.6) is 5.75 Å². The number of hydrogen-bond donors (Lipinski definition) is 0. The van der Waals surface area contributed by atoms with Crippen molar-refractivity contribution >= 4 is 27.8 Å². The first kappa shape index (κ1) is 16.4. The lowest BCUT2D eigenvalue weighted by Gasteiger charge is -2.15. The van der Waals surface area contributed by atoms with Gasteiger partial charge in [0.15, 0.2) is 0 Å². The van der Waals surface area contributed by atoms with Gasteiger partial charge in [-0.3, -0.25) is 0 Å². The Labute approximate surface area is 131 Å². The molecule has 0 saturated carbocycles. The Balaban J connectivity index is 2.43. The number of benzene rings is 1. The molecule has 0 radical (unpaired) electrons. The van der Waals surface area contributed by atoms with Crippen LogP contribution in [0.25, 0.3) is 11.0 Å². The Hall–Kier alpha value is -1.95. The van der Waals surface area contributed by atoms with Gasteiger partial charge in [-0.2, -0.15) is 0 Å². The van der Waals surface area contributed by atoms with E-state index in [0.717, 1.165) is 0 Å². The molecule has 1 aromatic carbocycles. The van der Waals surface area contributed by atoms with Gasteiger partial charge in [0.2, 0.25) is 10.6 Å². The summed E-state index contributed by atoms with van der Waals surface area (Å²) >= 11 is 0. The van der Waals surface area contributed by atoms with Gasteiger partial charge in [-0.1, -0.05) is 18.2 Å². The lowest BCUT2D eigenvalue weighted by atomic mass is 10.2. The molecule has 0 bridgehead atoms. The third-order valence-corrected chi connectivity index (χ3v) is 5.23. The third kappa shape index (κ3) is 3.44. The van der Waals surface area contributed by atoms with Crippen LogP contribution < -0.4 is 10.7 Å². The summed E-state index contributed by atoms with van der Waals surface area (Å²) in [6.45, 7) is 5.34. The topological polar surface area (TPSA) is 79.6 Å². The average Bonchev–Trinajstić information content (AvgIpc) is 2.45. The highest BCUT2D eigenvalue weighted by Crippen LogP contribution is 2.28. The highest BCUT2D eigenvalue weighted by Gasteiger charge is 2.30. The summed E-state index contributed by atoms with van der Waals surface area (Å²) in [7, 11) is -0.814. The van der Waals surface area contributed by atoms with E-state index in [1.807, 2.05) is 6.92 Å². The minimum Gasteiger partial charge on any atom is -0.868 e. The molecule has 0 N–H and O–H groups in total. The molecule has 0 spiro atoms. The van der Waals surface area contributed by atoms with Crippen molar-refractivity contribution in [2.45, 2.75) is 31.8 Å². The van der Waals surface area contributed by atoms with E-state index < -0.39 is 22.5 Å². The zero-order valence-electron chi connectivity index (χ0n) is 12.8. The zero-order chi connectivity index (χ0) is 16.3. The third-order valence-electron chi connectivity index (χ3n) is 3.02. The van der Waals surface area contributed by atoms with Gasteiger partial charge in [0.05, 0.1) is 6.10 Å². The lowest BCUT2D eigenvalue weighted by Crippen LogP contribution is -2.28. The molecule has 2 rings (SSSR count). The predicted octanol–water partition coefficient (Wildman–Crippen LogP) is 1.82. The standard InChI is InChI=1S/C16H18O5S/c1-4-22(9-13(17)20-10(2)3)15-14(18)11-7-5-6-8-12(11)21-16(15)19/h5-8,10H,4,9H2,1-3H3. The van der Waals surface area contributed by atoms with Crippen molar-refractivity contribution in [1.29, 1.82) is 0 Å². The maximum atomic E-state index is 12.5. The Bertz CT molecular complexity index is 735. The lowest BCUT2D eigenvalue weighted by molar-refractivity contribution is -0.270. The van der Waals surface area contributed by atoms with Gasteiger partial charge < -0.3 is 14.3 Å². The van der Waals surface area contributed by atoms with Crippen LogP contribution in [0.2, 0.25) is 0 Å². The monoisotopic (exact) mass is 322 g/mol. The van der Waals surface area contributed by atoms with Crippen LogP contribution in [0.4, 0.5) is 0 Å². The van der Waals surface area contributed by atoms with Gasteiger partial charge in [0, 0.05) is 16.3 Å². The van der Waals surface area contributed by atoms with E-state index in [4.69, 9.17) is 9.15 Å². The molecule has 1 heterocycles. The van der Waals surface area contributed by atoms with Gasteiger partial charge in [-0.25, -0.2) is 9.59 Å². The van der Waals surface area contributed by atoms with Crippen LogP contribution in [-0.2, 0) is 20.4 Å². The quantitative estimate of drug-likeness (QED) is 0.476. The van der Waals surface area contributed by atoms with Crippen LogP contribution in [0, 0.1) is 0 Å². The molecular formula is C16H18O5S. The minimum atomic E-state index is -0.814. The van der Waals surface area contributed by atoms with Crippen LogP contribution in [0.1, 0.15) is 20.8 Å². The molecule has 2 aromatic rings. The molecule has 6 heteroatoms. The summed E-state index contributed by atoms with van der Waals surface area (Å²) in [5, 5.41) is 12.9. The summed E-state index contributed by atoms with van der Waals surface area (Å²) in [5.41, 5.74) is -0.392. The molecule has 0 saturated heterocycles. The smallest absolute Gasteiger partial charge is 0.391 e. The van der Waals surface area contributed by atoms with Gasteiger partial charge in [-0.15, -0.1) is 0 Å². The second kappa shape index (κ2) is 6.87. The fourth-order valence-electron chi connectivity index (χ4n) is 2.11. The first-order chi connectivity index (χ1) is 10.4. The number of carbonyl (C=O) groups excluding carboxylic acids is 1. The van der Waals surface area contributed by atoms with E-state index in [0.29, 0.717) is 11.1 Å². The summed E-state index contributed by atoms with van der Waals surface area (Å²) in [6.07, 6.45) is -0.227. The second-order valence-electron chi connectivity index (χ2n) is 5.01. The van der Waals surface area contributed by atoms with E-state index in [-0.39, 0.29) is 28.1 Å². The zero-order valence-corrected chi connectivity index (χ0v) is 13.6. The number of esters is 1. The molecule has 0 fully saturated rings. The number of fused-ring (bicyclic) bond motifs is 1. The maximum absolute atomic E-state index is 12.5. The molecule has 118 valence electrons. The maximum Gasteiger partial charge on any atom is 0.391 e. The molecule has 1 aromatic heterocycles. The Morgan fingerprint density at radius 2 is 2.05 bits per heavy atom. The van der Waals surface area contributed by atoms with Crippen LogP contribution in [0.15, 0.2) is 38.4 Å². The summed E-state index contributed by atoms with van der Waals surface area (Å²) in [6, 6.07) is 6.61. The molecule has 0 amide bonds. The minimum absolute atomic E-state index is 0.0209.